The average molecular weight is 239 g/mol. The summed E-state index contributed by atoms with van der Waals surface area (Å²) < 4.78 is 0. The minimum absolute atomic E-state index is 0.0188. The van der Waals surface area contributed by atoms with Crippen molar-refractivity contribution in [1.29, 1.82) is 5.26 Å². The summed E-state index contributed by atoms with van der Waals surface area (Å²) in [6.45, 7) is 3.78. The number of hydrogen-bond donors (Lipinski definition) is 2. The Labute approximate surface area is 102 Å². The van der Waals surface area contributed by atoms with E-state index in [0.29, 0.717) is 12.5 Å². The van der Waals surface area contributed by atoms with E-state index in [1.54, 1.807) is 0 Å². The van der Waals surface area contributed by atoms with E-state index in [1.165, 1.54) is 6.92 Å². The van der Waals surface area contributed by atoms with Crippen molar-refractivity contribution in [3.8, 4) is 6.07 Å². The Kier molecular flexibility index (Phi) is 5.95. The van der Waals surface area contributed by atoms with Gasteiger partial charge in [-0.3, -0.25) is 9.69 Å². The fraction of sp³-hybridized carbons (Fsp3) is 0.833. The van der Waals surface area contributed by atoms with E-state index < -0.39 is 0 Å². The number of rotatable bonds is 5. The molecule has 2 atom stereocenters. The minimum atomic E-state index is -0.0188. The number of amides is 1. The SMILES string of the molecule is CC(=O)NC1CC(CCCO)CN(CC#N)C1. The predicted octanol–water partition coefficient (Wildman–Crippen LogP) is 0.109. The van der Waals surface area contributed by atoms with Crippen LogP contribution in [0.25, 0.3) is 0 Å². The lowest BCUT2D eigenvalue weighted by molar-refractivity contribution is -0.120. The second-order valence-corrected chi connectivity index (χ2v) is 4.72. The van der Waals surface area contributed by atoms with Gasteiger partial charge in [0, 0.05) is 32.7 Å². The third-order valence-electron chi connectivity index (χ3n) is 3.09. The molecule has 0 bridgehead atoms. The van der Waals surface area contributed by atoms with Gasteiger partial charge < -0.3 is 10.4 Å². The zero-order valence-corrected chi connectivity index (χ0v) is 10.4. The second-order valence-electron chi connectivity index (χ2n) is 4.72. The quantitative estimate of drug-likeness (QED) is 0.668. The van der Waals surface area contributed by atoms with Gasteiger partial charge in [0.25, 0.3) is 0 Å². The fourth-order valence-electron chi connectivity index (χ4n) is 2.51. The van der Waals surface area contributed by atoms with Gasteiger partial charge in [-0.2, -0.15) is 5.26 Å². The number of carbonyl (C=O) groups is 1. The van der Waals surface area contributed by atoms with Crippen LogP contribution in [0.3, 0.4) is 0 Å². The van der Waals surface area contributed by atoms with Crippen LogP contribution in [-0.4, -0.2) is 48.2 Å². The molecular formula is C12H21N3O2. The molecule has 1 fully saturated rings. The van der Waals surface area contributed by atoms with Crippen molar-refractivity contribution >= 4 is 5.91 Å². The lowest BCUT2D eigenvalue weighted by Crippen LogP contribution is -2.50. The summed E-state index contributed by atoms with van der Waals surface area (Å²) in [6.07, 6.45) is 2.69. The van der Waals surface area contributed by atoms with Crippen LogP contribution in [0.2, 0.25) is 0 Å². The maximum atomic E-state index is 11.1. The van der Waals surface area contributed by atoms with Gasteiger partial charge in [-0.25, -0.2) is 0 Å². The van der Waals surface area contributed by atoms with Gasteiger partial charge in [-0.15, -0.1) is 0 Å². The number of nitrogens with zero attached hydrogens (tertiary/aromatic N) is 2. The highest BCUT2D eigenvalue weighted by molar-refractivity contribution is 5.73. The van der Waals surface area contributed by atoms with Gasteiger partial charge in [0.15, 0.2) is 0 Å². The fourth-order valence-corrected chi connectivity index (χ4v) is 2.51. The number of piperidine rings is 1. The van der Waals surface area contributed by atoms with Gasteiger partial charge in [-0.05, 0) is 25.2 Å². The normalized spacial score (nSPS) is 25.2. The van der Waals surface area contributed by atoms with Gasteiger partial charge >= 0.3 is 0 Å². The number of likely N-dealkylation sites (tertiary alicyclic amines) is 1. The Balaban J connectivity index is 2.49. The average Bonchev–Trinajstić information content (AvgIpc) is 2.25. The van der Waals surface area contributed by atoms with Crippen LogP contribution in [0, 0.1) is 17.2 Å². The van der Waals surface area contributed by atoms with Crippen LogP contribution in [0.4, 0.5) is 0 Å². The van der Waals surface area contributed by atoms with Gasteiger partial charge in [-0.1, -0.05) is 0 Å². The van der Waals surface area contributed by atoms with E-state index in [-0.39, 0.29) is 18.6 Å². The third kappa shape index (κ3) is 5.16. The molecule has 5 heteroatoms. The van der Waals surface area contributed by atoms with E-state index in [0.717, 1.165) is 32.4 Å². The molecule has 1 rings (SSSR count). The largest absolute Gasteiger partial charge is 0.396 e. The first-order valence-electron chi connectivity index (χ1n) is 6.13. The zero-order chi connectivity index (χ0) is 12.7. The molecule has 0 aromatic rings. The summed E-state index contributed by atoms with van der Waals surface area (Å²) in [6, 6.07) is 2.29. The first-order chi connectivity index (χ1) is 8.15. The molecule has 1 amide bonds. The van der Waals surface area contributed by atoms with Crippen molar-refractivity contribution in [2.45, 2.75) is 32.2 Å². The summed E-state index contributed by atoms with van der Waals surface area (Å²) in [7, 11) is 0. The molecule has 0 aromatic carbocycles. The third-order valence-corrected chi connectivity index (χ3v) is 3.09. The molecule has 5 nitrogen and oxygen atoms in total. The molecular weight excluding hydrogens is 218 g/mol. The van der Waals surface area contributed by atoms with Crippen molar-refractivity contribution in [2.75, 3.05) is 26.2 Å². The second kappa shape index (κ2) is 7.25. The topological polar surface area (TPSA) is 76.4 Å². The molecule has 96 valence electrons. The van der Waals surface area contributed by atoms with E-state index in [1.807, 2.05) is 0 Å². The first-order valence-corrected chi connectivity index (χ1v) is 6.13. The van der Waals surface area contributed by atoms with Crippen LogP contribution in [0.5, 0.6) is 0 Å². The van der Waals surface area contributed by atoms with Crippen LogP contribution in [-0.2, 0) is 4.79 Å². The van der Waals surface area contributed by atoms with E-state index in [4.69, 9.17) is 10.4 Å². The molecule has 1 aliphatic rings. The summed E-state index contributed by atoms with van der Waals surface area (Å²) in [5.41, 5.74) is 0. The molecule has 0 aliphatic carbocycles. The molecule has 0 saturated carbocycles. The predicted molar refractivity (Wildman–Crippen MR) is 64.1 cm³/mol. The summed E-state index contributed by atoms with van der Waals surface area (Å²) >= 11 is 0. The first kappa shape index (κ1) is 13.9. The maximum absolute atomic E-state index is 11.1. The lowest BCUT2D eigenvalue weighted by atomic mass is 9.90. The number of aliphatic hydroxyl groups is 1. The van der Waals surface area contributed by atoms with Gasteiger partial charge in [0.05, 0.1) is 12.6 Å². The number of hydrogen-bond acceptors (Lipinski definition) is 4. The van der Waals surface area contributed by atoms with Crippen molar-refractivity contribution < 1.29 is 9.90 Å². The van der Waals surface area contributed by atoms with Crippen LogP contribution in [0.1, 0.15) is 26.2 Å². The highest BCUT2D eigenvalue weighted by Crippen LogP contribution is 2.21. The lowest BCUT2D eigenvalue weighted by Gasteiger charge is -2.36. The Hall–Kier alpha value is -1.12. The summed E-state index contributed by atoms with van der Waals surface area (Å²) in [5, 5.41) is 20.5. The van der Waals surface area contributed by atoms with Crippen LogP contribution in [0.15, 0.2) is 0 Å². The van der Waals surface area contributed by atoms with E-state index in [9.17, 15) is 4.79 Å². The van der Waals surface area contributed by atoms with Gasteiger partial charge in [0.1, 0.15) is 0 Å². The van der Waals surface area contributed by atoms with Crippen LogP contribution < -0.4 is 5.32 Å². The Bertz CT molecular complexity index is 288. The summed E-state index contributed by atoms with van der Waals surface area (Å²) in [4.78, 5) is 13.1. The summed E-state index contributed by atoms with van der Waals surface area (Å²) in [5.74, 6) is 0.441. The molecule has 0 spiro atoms. The minimum Gasteiger partial charge on any atom is -0.396 e. The monoisotopic (exact) mass is 239 g/mol. The Morgan fingerprint density at radius 1 is 1.59 bits per heavy atom. The molecule has 1 saturated heterocycles. The molecule has 0 radical (unpaired) electrons. The standard InChI is InChI=1S/C12H21N3O2/c1-10(17)14-12-7-11(3-2-6-16)8-15(9-12)5-4-13/h11-12,16H,2-3,5-9H2,1H3,(H,14,17). The van der Waals surface area contributed by atoms with E-state index >= 15 is 0 Å². The molecule has 2 unspecified atom stereocenters. The smallest absolute Gasteiger partial charge is 0.217 e. The maximum Gasteiger partial charge on any atom is 0.217 e. The van der Waals surface area contributed by atoms with E-state index in [2.05, 4.69) is 16.3 Å². The van der Waals surface area contributed by atoms with Gasteiger partial charge in [0.2, 0.25) is 5.91 Å². The van der Waals surface area contributed by atoms with Crippen molar-refractivity contribution in [3.05, 3.63) is 0 Å². The Morgan fingerprint density at radius 3 is 2.94 bits per heavy atom. The number of nitriles is 1. The van der Waals surface area contributed by atoms with Crippen molar-refractivity contribution in [1.82, 2.24) is 10.2 Å². The van der Waals surface area contributed by atoms with Crippen molar-refractivity contribution in [2.24, 2.45) is 5.92 Å². The van der Waals surface area contributed by atoms with Crippen LogP contribution >= 0.6 is 0 Å². The molecule has 2 N–H and O–H groups in total. The Morgan fingerprint density at radius 2 is 2.35 bits per heavy atom. The molecule has 1 aliphatic heterocycles. The highest BCUT2D eigenvalue weighted by Gasteiger charge is 2.27. The van der Waals surface area contributed by atoms with Crippen molar-refractivity contribution in [3.63, 3.8) is 0 Å². The molecule has 1 heterocycles. The number of nitrogens with one attached hydrogen (secondary N) is 1. The number of carbonyl (C=O) groups excluding carboxylic acids is 1. The number of aliphatic hydroxyl groups excluding tert-OH is 1. The molecule has 0 aromatic heterocycles. The molecule has 17 heavy (non-hydrogen) atoms. The zero-order valence-electron chi connectivity index (χ0n) is 10.4. The highest BCUT2D eigenvalue weighted by atomic mass is 16.2.